The molecule has 2 aliphatic rings. The van der Waals surface area contributed by atoms with E-state index in [0.29, 0.717) is 0 Å². The molecule has 326 valence electrons. The molecule has 0 N–H and O–H groups in total. The van der Waals surface area contributed by atoms with Crippen molar-refractivity contribution in [3.05, 3.63) is 277 Å². The van der Waals surface area contributed by atoms with Crippen LogP contribution in [0.15, 0.2) is 259 Å². The molecule has 11 aromatic carbocycles. The Morgan fingerprint density at radius 3 is 1.67 bits per heavy atom. The highest BCUT2D eigenvalue weighted by molar-refractivity contribution is 6.27. The summed E-state index contributed by atoms with van der Waals surface area (Å²) in [5.74, 6) is 0. The van der Waals surface area contributed by atoms with Crippen LogP contribution in [0, 0.1) is 0 Å². The van der Waals surface area contributed by atoms with Crippen molar-refractivity contribution < 1.29 is 4.42 Å². The standard InChI is InChI=1S/C67H42N2O/c1-3-19-43(20-4-1)44-21-15-22-45(41-44)46-23-16-26-48(42-46)69(58-35-17-34-57-63(58)53-30-9-13-33-56(53)67(57)54-31-11-7-27-49(54)50-28-8-12-32-55(50)67)60-37-18-36-59-64(60)65-61(68(59)47-24-5-2-6-25-47)40-39-52-51-29-10-14-38-62(51)70-66(52)65/h1-42H. The van der Waals surface area contributed by atoms with Crippen molar-refractivity contribution in [2.45, 2.75) is 5.41 Å². The predicted molar refractivity (Wildman–Crippen MR) is 290 cm³/mol. The van der Waals surface area contributed by atoms with E-state index < -0.39 is 5.41 Å². The van der Waals surface area contributed by atoms with Crippen LogP contribution in [0.4, 0.5) is 17.1 Å². The van der Waals surface area contributed by atoms with Crippen LogP contribution >= 0.6 is 0 Å². The van der Waals surface area contributed by atoms with E-state index in [9.17, 15) is 0 Å². The average molecular weight is 891 g/mol. The van der Waals surface area contributed by atoms with E-state index in [2.05, 4.69) is 264 Å². The van der Waals surface area contributed by atoms with Crippen molar-refractivity contribution in [1.82, 2.24) is 4.57 Å². The van der Waals surface area contributed by atoms with Crippen LogP contribution in [0.2, 0.25) is 0 Å². The van der Waals surface area contributed by atoms with Gasteiger partial charge in [-0.15, -0.1) is 0 Å². The largest absolute Gasteiger partial charge is 0.455 e. The molecule has 0 atom stereocenters. The lowest BCUT2D eigenvalue weighted by molar-refractivity contribution is 0.673. The first kappa shape index (κ1) is 38.9. The van der Waals surface area contributed by atoms with Gasteiger partial charge in [-0.2, -0.15) is 0 Å². The summed E-state index contributed by atoms with van der Waals surface area (Å²) in [6.07, 6.45) is 0. The second kappa shape index (κ2) is 14.9. The van der Waals surface area contributed by atoms with Gasteiger partial charge in [-0.1, -0.05) is 188 Å². The number of aromatic nitrogens is 1. The summed E-state index contributed by atoms with van der Waals surface area (Å²) in [5, 5.41) is 4.42. The molecule has 3 nitrogen and oxygen atoms in total. The number of para-hydroxylation sites is 2. The third-order valence-corrected chi connectivity index (χ3v) is 15.2. The molecule has 70 heavy (non-hydrogen) atoms. The van der Waals surface area contributed by atoms with Crippen molar-refractivity contribution in [3.63, 3.8) is 0 Å². The topological polar surface area (TPSA) is 21.3 Å². The SMILES string of the molecule is c1ccc(-c2cccc(-c3cccc(N(c4cccc5c4-c4ccccc4C54c5ccccc5-c5ccccc54)c4cccc5c4c4c6oc7ccccc7c6ccc4n5-c4ccccc4)c3)c2)cc1. The normalized spacial score (nSPS) is 13.0. The zero-order chi connectivity index (χ0) is 45.9. The van der Waals surface area contributed by atoms with E-state index in [4.69, 9.17) is 4.42 Å². The maximum absolute atomic E-state index is 7.01. The van der Waals surface area contributed by atoms with Gasteiger partial charge in [0, 0.05) is 33.1 Å². The molecular formula is C67H42N2O. The van der Waals surface area contributed by atoms with Gasteiger partial charge in [-0.25, -0.2) is 0 Å². The Hall–Kier alpha value is -9.18. The van der Waals surface area contributed by atoms with Crippen LogP contribution in [0.25, 0.3) is 93.9 Å². The predicted octanol–water partition coefficient (Wildman–Crippen LogP) is 17.8. The van der Waals surface area contributed by atoms with Crippen LogP contribution in [0.5, 0.6) is 0 Å². The van der Waals surface area contributed by atoms with Crippen LogP contribution in [0.1, 0.15) is 22.3 Å². The molecule has 3 heteroatoms. The Labute approximate surface area is 405 Å². The van der Waals surface area contributed by atoms with Crippen molar-refractivity contribution in [1.29, 1.82) is 0 Å². The van der Waals surface area contributed by atoms with Crippen molar-refractivity contribution in [2.75, 3.05) is 4.90 Å². The van der Waals surface area contributed by atoms with Crippen LogP contribution in [-0.4, -0.2) is 4.57 Å². The average Bonchev–Trinajstić information content (AvgIpc) is 4.17. The first-order valence-corrected chi connectivity index (χ1v) is 24.2. The second-order valence-electron chi connectivity index (χ2n) is 18.7. The van der Waals surface area contributed by atoms with E-state index in [-0.39, 0.29) is 0 Å². The number of furan rings is 1. The molecule has 15 rings (SSSR count). The first-order chi connectivity index (χ1) is 34.8. The molecule has 0 radical (unpaired) electrons. The zero-order valence-electron chi connectivity index (χ0n) is 38.1. The van der Waals surface area contributed by atoms with Gasteiger partial charge in [0.1, 0.15) is 11.2 Å². The fourth-order valence-electron chi connectivity index (χ4n) is 12.4. The summed E-state index contributed by atoms with van der Waals surface area (Å²) in [4.78, 5) is 2.55. The molecule has 0 bridgehead atoms. The number of rotatable bonds is 6. The van der Waals surface area contributed by atoms with Gasteiger partial charge in [0.15, 0.2) is 0 Å². The molecule has 0 amide bonds. The fraction of sp³-hybridized carbons (Fsp3) is 0.0149. The van der Waals surface area contributed by atoms with E-state index >= 15 is 0 Å². The summed E-state index contributed by atoms with van der Waals surface area (Å²) < 4.78 is 9.43. The molecule has 0 saturated heterocycles. The van der Waals surface area contributed by atoms with Gasteiger partial charge < -0.3 is 13.9 Å². The highest BCUT2D eigenvalue weighted by atomic mass is 16.3. The zero-order valence-corrected chi connectivity index (χ0v) is 38.1. The van der Waals surface area contributed by atoms with Crippen LogP contribution in [-0.2, 0) is 5.41 Å². The number of anilines is 3. The number of fused-ring (bicyclic) bond motifs is 17. The Bertz CT molecular complexity index is 4210. The molecule has 2 aromatic heterocycles. The van der Waals surface area contributed by atoms with Gasteiger partial charge in [0.2, 0.25) is 0 Å². The smallest absolute Gasteiger partial charge is 0.145 e. The molecular weight excluding hydrogens is 849 g/mol. The minimum atomic E-state index is -0.504. The van der Waals surface area contributed by atoms with Gasteiger partial charge in [-0.05, 0) is 128 Å². The monoisotopic (exact) mass is 890 g/mol. The summed E-state index contributed by atoms with van der Waals surface area (Å²) >= 11 is 0. The maximum Gasteiger partial charge on any atom is 0.145 e. The van der Waals surface area contributed by atoms with Crippen LogP contribution in [0.3, 0.4) is 0 Å². The summed E-state index contributed by atoms with van der Waals surface area (Å²) in [6.45, 7) is 0. The van der Waals surface area contributed by atoms with Gasteiger partial charge in [0.25, 0.3) is 0 Å². The lowest BCUT2D eigenvalue weighted by atomic mass is 9.70. The summed E-state index contributed by atoms with van der Waals surface area (Å²) in [7, 11) is 0. The highest BCUT2D eigenvalue weighted by Gasteiger charge is 2.52. The lowest BCUT2D eigenvalue weighted by Crippen LogP contribution is -2.26. The Kier molecular flexibility index (Phi) is 8.28. The number of hydrogen-bond acceptors (Lipinski definition) is 2. The summed E-state index contributed by atoms with van der Waals surface area (Å²) in [5.41, 5.74) is 22.8. The summed E-state index contributed by atoms with van der Waals surface area (Å²) in [6, 6.07) is 93.6. The minimum Gasteiger partial charge on any atom is -0.455 e. The molecule has 0 aliphatic heterocycles. The second-order valence-corrected chi connectivity index (χ2v) is 18.7. The van der Waals surface area contributed by atoms with Gasteiger partial charge in [0.05, 0.1) is 33.2 Å². The Morgan fingerprint density at radius 1 is 0.357 bits per heavy atom. The molecule has 0 fully saturated rings. The molecule has 1 spiro atoms. The third-order valence-electron chi connectivity index (χ3n) is 15.2. The molecule has 0 saturated carbocycles. The lowest BCUT2D eigenvalue weighted by Gasteiger charge is -2.32. The number of hydrogen-bond donors (Lipinski definition) is 0. The van der Waals surface area contributed by atoms with Gasteiger partial charge >= 0.3 is 0 Å². The van der Waals surface area contributed by atoms with Crippen molar-refractivity contribution in [3.8, 4) is 50.2 Å². The van der Waals surface area contributed by atoms with Crippen LogP contribution < -0.4 is 4.90 Å². The number of benzene rings is 11. The quantitative estimate of drug-likeness (QED) is 0.166. The molecule has 2 heterocycles. The van der Waals surface area contributed by atoms with Gasteiger partial charge in [-0.3, -0.25) is 0 Å². The Balaban J connectivity index is 1.07. The van der Waals surface area contributed by atoms with E-state index in [1.165, 1.54) is 55.6 Å². The Morgan fingerprint density at radius 2 is 0.900 bits per heavy atom. The minimum absolute atomic E-state index is 0.504. The van der Waals surface area contributed by atoms with Crippen molar-refractivity contribution >= 4 is 60.8 Å². The van der Waals surface area contributed by atoms with E-state index in [1.54, 1.807) is 0 Å². The maximum atomic E-state index is 7.01. The molecule has 2 aliphatic carbocycles. The number of nitrogens with zero attached hydrogens (tertiary/aromatic N) is 2. The van der Waals surface area contributed by atoms with E-state index in [1.807, 2.05) is 0 Å². The molecule has 13 aromatic rings. The van der Waals surface area contributed by atoms with Crippen molar-refractivity contribution in [2.24, 2.45) is 0 Å². The highest BCUT2D eigenvalue weighted by Crippen LogP contribution is 2.65. The fourth-order valence-corrected chi connectivity index (χ4v) is 12.4. The first-order valence-electron chi connectivity index (χ1n) is 24.2. The third kappa shape index (κ3) is 5.34. The van der Waals surface area contributed by atoms with E-state index in [0.717, 1.165) is 77.6 Å². The molecule has 0 unspecified atom stereocenters.